The van der Waals surface area contributed by atoms with Crippen LogP contribution in [0.1, 0.15) is 27.8 Å². The summed E-state index contributed by atoms with van der Waals surface area (Å²) in [6.45, 7) is 0. The minimum Gasteiger partial charge on any atom is -0.208 e. The van der Waals surface area contributed by atoms with Crippen LogP contribution in [0.5, 0.6) is 0 Å². The fraction of sp³-hybridized carbons (Fsp3) is 0.0213. The van der Waals surface area contributed by atoms with E-state index < -0.39 is 5.41 Å². The molecule has 0 fully saturated rings. The minimum atomic E-state index is -0.557. The fourth-order valence-electron chi connectivity index (χ4n) is 7.94. The minimum absolute atomic E-state index is 0.557. The van der Waals surface area contributed by atoms with Crippen LogP contribution < -0.4 is 0 Å². The van der Waals surface area contributed by atoms with Gasteiger partial charge in [0.1, 0.15) is 6.07 Å². The summed E-state index contributed by atoms with van der Waals surface area (Å²) in [6, 6.07) is 61.6. The standard InChI is InChI=1S/C47H28N4S/c48-29-35-16-11-21-40-43(35)52-42-27-26-34(28-41(42)47(40)38-19-9-7-17-36(38)37-18-8-10-20-39(37)47)30-22-24-33(25-23-30)46-50-44(31-12-3-1-4-13-31)49-45(51-46)32-14-5-2-6-15-32/h1-28H. The van der Waals surface area contributed by atoms with Crippen molar-refractivity contribution < 1.29 is 0 Å². The number of benzene rings is 7. The Morgan fingerprint density at radius 1 is 0.423 bits per heavy atom. The van der Waals surface area contributed by atoms with Gasteiger partial charge in [-0.15, -0.1) is 0 Å². The zero-order chi connectivity index (χ0) is 34.6. The molecule has 1 aliphatic carbocycles. The molecule has 0 radical (unpaired) electrons. The lowest BCUT2D eigenvalue weighted by Gasteiger charge is -2.40. The van der Waals surface area contributed by atoms with Gasteiger partial charge in [-0.05, 0) is 62.7 Å². The van der Waals surface area contributed by atoms with Crippen LogP contribution in [0.3, 0.4) is 0 Å². The maximum atomic E-state index is 10.2. The van der Waals surface area contributed by atoms with Crippen molar-refractivity contribution in [3.8, 4) is 62.5 Å². The molecule has 52 heavy (non-hydrogen) atoms. The third kappa shape index (κ3) is 4.59. The van der Waals surface area contributed by atoms with Gasteiger partial charge >= 0.3 is 0 Å². The molecule has 242 valence electrons. The number of hydrogen-bond donors (Lipinski definition) is 0. The zero-order valence-corrected chi connectivity index (χ0v) is 28.7. The number of nitrogens with zero attached hydrogens (tertiary/aromatic N) is 4. The first kappa shape index (κ1) is 30.2. The fourth-order valence-corrected chi connectivity index (χ4v) is 9.17. The van der Waals surface area contributed by atoms with Crippen LogP contribution in [0.25, 0.3) is 56.4 Å². The lowest BCUT2D eigenvalue weighted by molar-refractivity contribution is 0.721. The Hall–Kier alpha value is -6.61. The third-order valence-electron chi connectivity index (χ3n) is 10.3. The summed E-state index contributed by atoms with van der Waals surface area (Å²) in [7, 11) is 0. The van der Waals surface area contributed by atoms with Gasteiger partial charge < -0.3 is 0 Å². The van der Waals surface area contributed by atoms with Crippen LogP contribution in [0.15, 0.2) is 180 Å². The number of nitriles is 1. The van der Waals surface area contributed by atoms with Gasteiger partial charge in [-0.1, -0.05) is 163 Å². The zero-order valence-electron chi connectivity index (χ0n) is 27.9. The molecule has 5 heteroatoms. The van der Waals surface area contributed by atoms with Gasteiger partial charge in [-0.3, -0.25) is 0 Å². The van der Waals surface area contributed by atoms with E-state index in [0.29, 0.717) is 23.0 Å². The van der Waals surface area contributed by atoms with E-state index in [2.05, 4.69) is 103 Å². The van der Waals surface area contributed by atoms with Gasteiger partial charge in [-0.25, -0.2) is 15.0 Å². The van der Waals surface area contributed by atoms with E-state index in [-0.39, 0.29) is 0 Å². The average Bonchev–Trinajstić information content (AvgIpc) is 3.52. The summed E-state index contributed by atoms with van der Waals surface area (Å²) in [5.74, 6) is 1.91. The Morgan fingerprint density at radius 2 is 0.904 bits per heavy atom. The third-order valence-corrected chi connectivity index (χ3v) is 11.5. The Morgan fingerprint density at radius 3 is 1.48 bits per heavy atom. The molecule has 4 nitrogen and oxygen atoms in total. The molecule has 0 N–H and O–H groups in total. The maximum Gasteiger partial charge on any atom is 0.164 e. The van der Waals surface area contributed by atoms with Gasteiger partial charge in [-0.2, -0.15) is 5.26 Å². The number of hydrogen-bond acceptors (Lipinski definition) is 5. The molecular formula is C47H28N4S. The summed E-state index contributed by atoms with van der Waals surface area (Å²) in [5, 5.41) is 10.2. The first-order chi connectivity index (χ1) is 25.7. The van der Waals surface area contributed by atoms with Crippen molar-refractivity contribution in [3.05, 3.63) is 198 Å². The highest BCUT2D eigenvalue weighted by atomic mass is 32.2. The van der Waals surface area contributed by atoms with Crippen LogP contribution in [-0.4, -0.2) is 15.0 Å². The molecule has 7 aromatic carbocycles. The monoisotopic (exact) mass is 680 g/mol. The van der Waals surface area contributed by atoms with Crippen LogP contribution in [0, 0.1) is 11.3 Å². The topological polar surface area (TPSA) is 62.5 Å². The highest BCUT2D eigenvalue weighted by Gasteiger charge is 2.50. The molecule has 0 unspecified atom stereocenters. The van der Waals surface area contributed by atoms with Crippen LogP contribution >= 0.6 is 11.8 Å². The number of aromatic nitrogens is 3. The molecule has 2 heterocycles. The SMILES string of the molecule is N#Cc1cccc2c1Sc1ccc(-c3ccc(-c4nc(-c5ccccc5)nc(-c5ccccc5)n4)cc3)cc1C21c2ccccc2-c2ccccc21. The van der Waals surface area contributed by atoms with E-state index in [9.17, 15) is 5.26 Å². The number of rotatable bonds is 4. The van der Waals surface area contributed by atoms with Crippen LogP contribution in [0.4, 0.5) is 0 Å². The second-order valence-corrected chi connectivity index (χ2v) is 14.1. The molecule has 0 bridgehead atoms. The molecule has 10 rings (SSSR count). The van der Waals surface area contributed by atoms with Crippen molar-refractivity contribution in [3.63, 3.8) is 0 Å². The molecule has 1 aromatic heterocycles. The Labute approximate surface area is 306 Å². The van der Waals surface area contributed by atoms with Gasteiger partial charge in [0.05, 0.1) is 11.0 Å². The van der Waals surface area contributed by atoms with Crippen molar-refractivity contribution in [1.29, 1.82) is 5.26 Å². The largest absolute Gasteiger partial charge is 0.208 e. The Balaban J connectivity index is 1.12. The summed E-state index contributed by atoms with van der Waals surface area (Å²) in [6.07, 6.45) is 0. The van der Waals surface area contributed by atoms with Crippen molar-refractivity contribution in [2.45, 2.75) is 15.2 Å². The smallest absolute Gasteiger partial charge is 0.164 e. The van der Waals surface area contributed by atoms with Crippen LogP contribution in [-0.2, 0) is 5.41 Å². The van der Waals surface area contributed by atoms with E-state index in [1.165, 1.54) is 27.8 Å². The molecule has 2 aliphatic rings. The normalized spacial score (nSPS) is 13.1. The van der Waals surface area contributed by atoms with Crippen molar-refractivity contribution in [2.75, 3.05) is 0 Å². The summed E-state index contributed by atoms with van der Waals surface area (Å²) in [5.41, 5.74) is 12.5. The van der Waals surface area contributed by atoms with Gasteiger partial charge in [0.2, 0.25) is 0 Å². The molecule has 8 aromatic rings. The highest BCUT2D eigenvalue weighted by molar-refractivity contribution is 7.99. The molecule has 1 spiro atoms. The molecule has 0 saturated carbocycles. The molecular weight excluding hydrogens is 653 g/mol. The summed E-state index contributed by atoms with van der Waals surface area (Å²) < 4.78 is 0. The maximum absolute atomic E-state index is 10.2. The van der Waals surface area contributed by atoms with Gasteiger partial charge in [0.15, 0.2) is 17.5 Å². The first-order valence-corrected chi connectivity index (χ1v) is 18.1. The van der Waals surface area contributed by atoms with E-state index in [1.807, 2.05) is 72.8 Å². The van der Waals surface area contributed by atoms with Gasteiger partial charge in [0.25, 0.3) is 0 Å². The summed E-state index contributed by atoms with van der Waals surface area (Å²) in [4.78, 5) is 16.9. The molecule has 0 amide bonds. The van der Waals surface area contributed by atoms with Crippen molar-refractivity contribution >= 4 is 11.8 Å². The van der Waals surface area contributed by atoms with E-state index >= 15 is 0 Å². The van der Waals surface area contributed by atoms with E-state index in [4.69, 9.17) is 15.0 Å². The highest BCUT2D eigenvalue weighted by Crippen LogP contribution is 2.62. The molecule has 0 saturated heterocycles. The Kier molecular flexibility index (Phi) is 6.99. The first-order valence-electron chi connectivity index (χ1n) is 17.3. The summed E-state index contributed by atoms with van der Waals surface area (Å²) >= 11 is 1.70. The van der Waals surface area contributed by atoms with Gasteiger partial charge in [0, 0.05) is 26.5 Å². The quantitative estimate of drug-likeness (QED) is 0.185. The van der Waals surface area contributed by atoms with E-state index in [1.54, 1.807) is 11.8 Å². The average molecular weight is 681 g/mol. The lowest BCUT2D eigenvalue weighted by Crippen LogP contribution is -2.32. The second-order valence-electron chi connectivity index (χ2n) is 13.1. The number of fused-ring (bicyclic) bond motifs is 9. The molecule has 1 aliphatic heterocycles. The molecule has 0 atom stereocenters. The predicted octanol–water partition coefficient (Wildman–Crippen LogP) is 11.2. The van der Waals surface area contributed by atoms with Crippen LogP contribution in [0.2, 0.25) is 0 Å². The second kappa shape index (κ2) is 12.0. The predicted molar refractivity (Wildman–Crippen MR) is 208 cm³/mol. The Bertz CT molecular complexity index is 2610. The van der Waals surface area contributed by atoms with E-state index in [0.717, 1.165) is 43.2 Å². The van der Waals surface area contributed by atoms with Crippen molar-refractivity contribution in [1.82, 2.24) is 15.0 Å². The lowest BCUT2D eigenvalue weighted by atomic mass is 9.66. The van der Waals surface area contributed by atoms with Crippen molar-refractivity contribution in [2.24, 2.45) is 0 Å².